The van der Waals surface area contributed by atoms with Gasteiger partial charge < -0.3 is 20.5 Å². The second-order valence-corrected chi connectivity index (χ2v) is 4.38. The van der Waals surface area contributed by atoms with Gasteiger partial charge in [-0.1, -0.05) is 13.8 Å². The first-order valence-electron chi connectivity index (χ1n) is 5.75. The highest BCUT2D eigenvalue weighted by molar-refractivity contribution is 5.74. The topological polar surface area (TPSA) is 87.7 Å². The van der Waals surface area contributed by atoms with Crippen LogP contribution in [0.5, 0.6) is 0 Å². The van der Waals surface area contributed by atoms with Crippen molar-refractivity contribution in [1.29, 1.82) is 0 Å². The minimum atomic E-state index is -1.01. The van der Waals surface area contributed by atoms with Crippen LogP contribution in [0.3, 0.4) is 0 Å². The van der Waals surface area contributed by atoms with Gasteiger partial charge in [-0.05, 0) is 19.3 Å². The summed E-state index contributed by atoms with van der Waals surface area (Å²) in [5, 5.41) is 13.7. The van der Waals surface area contributed by atoms with E-state index in [9.17, 15) is 9.59 Å². The second-order valence-electron chi connectivity index (χ2n) is 4.38. The Hall–Kier alpha value is -1.30. The number of amides is 2. The maximum atomic E-state index is 11.3. The van der Waals surface area contributed by atoms with E-state index >= 15 is 0 Å². The fraction of sp³-hybridized carbons (Fsp3) is 0.818. The summed E-state index contributed by atoms with van der Waals surface area (Å²) >= 11 is 0. The van der Waals surface area contributed by atoms with Crippen molar-refractivity contribution in [1.82, 2.24) is 10.6 Å². The predicted molar refractivity (Wildman–Crippen MR) is 63.9 cm³/mol. The highest BCUT2D eigenvalue weighted by Gasteiger charge is 2.08. The van der Waals surface area contributed by atoms with Gasteiger partial charge in [0.15, 0.2) is 0 Å². The van der Waals surface area contributed by atoms with Crippen LogP contribution in [0, 0.1) is 5.92 Å². The van der Waals surface area contributed by atoms with E-state index in [1.165, 1.54) is 0 Å². The molecule has 1 atom stereocenters. The lowest BCUT2D eigenvalue weighted by Gasteiger charge is -2.16. The Balaban J connectivity index is 3.49. The third kappa shape index (κ3) is 11.0. The minimum Gasteiger partial charge on any atom is -0.480 e. The number of nitrogens with one attached hydrogen (secondary N) is 2. The number of rotatable bonds is 8. The molecule has 0 fully saturated rings. The van der Waals surface area contributed by atoms with Gasteiger partial charge in [-0.2, -0.15) is 0 Å². The Kier molecular flexibility index (Phi) is 8.13. The largest absolute Gasteiger partial charge is 0.480 e. The number of aliphatic carboxylic acids is 1. The Labute approximate surface area is 102 Å². The van der Waals surface area contributed by atoms with Crippen molar-refractivity contribution in [2.45, 2.75) is 33.2 Å². The summed E-state index contributed by atoms with van der Waals surface area (Å²) < 4.78 is 4.77. The van der Waals surface area contributed by atoms with Crippen LogP contribution in [0.1, 0.15) is 27.2 Å². The van der Waals surface area contributed by atoms with Crippen molar-refractivity contribution in [3.05, 3.63) is 0 Å². The molecular weight excluding hydrogens is 224 g/mol. The van der Waals surface area contributed by atoms with Gasteiger partial charge in [-0.25, -0.2) is 9.59 Å². The van der Waals surface area contributed by atoms with Crippen molar-refractivity contribution in [2.24, 2.45) is 5.92 Å². The Morgan fingerprint density at radius 3 is 2.47 bits per heavy atom. The molecule has 3 N–H and O–H groups in total. The Morgan fingerprint density at radius 2 is 1.94 bits per heavy atom. The van der Waals surface area contributed by atoms with Crippen LogP contribution in [-0.2, 0) is 9.53 Å². The summed E-state index contributed by atoms with van der Waals surface area (Å²) in [5.74, 6) is -0.482. The van der Waals surface area contributed by atoms with Crippen LogP contribution in [0.15, 0.2) is 0 Å². The van der Waals surface area contributed by atoms with Crippen LogP contribution in [0.4, 0.5) is 4.79 Å². The lowest BCUT2D eigenvalue weighted by atomic mass is 10.1. The normalized spacial score (nSPS) is 12.2. The van der Waals surface area contributed by atoms with Gasteiger partial charge >= 0.3 is 12.0 Å². The molecule has 0 saturated carbocycles. The third-order valence-electron chi connectivity index (χ3n) is 1.96. The first-order chi connectivity index (χ1) is 7.91. The molecule has 17 heavy (non-hydrogen) atoms. The SMILES string of the molecule is CC(C)CC(C)NC(=O)NCCOCC(=O)O. The number of carbonyl (C=O) groups excluding carboxylic acids is 1. The monoisotopic (exact) mass is 246 g/mol. The van der Waals surface area contributed by atoms with Gasteiger partial charge in [-0.3, -0.25) is 0 Å². The van der Waals surface area contributed by atoms with Crippen LogP contribution in [0.25, 0.3) is 0 Å². The van der Waals surface area contributed by atoms with E-state index in [2.05, 4.69) is 24.5 Å². The van der Waals surface area contributed by atoms with Crippen molar-refractivity contribution in [3.63, 3.8) is 0 Å². The van der Waals surface area contributed by atoms with Crippen molar-refractivity contribution < 1.29 is 19.4 Å². The molecule has 0 aromatic rings. The summed E-state index contributed by atoms with van der Waals surface area (Å²) in [7, 11) is 0. The molecule has 0 aromatic heterocycles. The van der Waals surface area contributed by atoms with Crippen molar-refractivity contribution >= 4 is 12.0 Å². The van der Waals surface area contributed by atoms with Crippen molar-refractivity contribution in [3.8, 4) is 0 Å². The van der Waals surface area contributed by atoms with Crippen LogP contribution >= 0.6 is 0 Å². The molecule has 0 radical (unpaired) electrons. The highest BCUT2D eigenvalue weighted by atomic mass is 16.5. The molecule has 1 unspecified atom stereocenters. The maximum Gasteiger partial charge on any atom is 0.329 e. The number of carboxylic acids is 1. The third-order valence-corrected chi connectivity index (χ3v) is 1.96. The Morgan fingerprint density at radius 1 is 1.29 bits per heavy atom. The molecule has 100 valence electrons. The molecule has 0 aliphatic heterocycles. The zero-order valence-electron chi connectivity index (χ0n) is 10.7. The number of hydrogen-bond donors (Lipinski definition) is 3. The van der Waals surface area contributed by atoms with Gasteiger partial charge in [0.2, 0.25) is 0 Å². The van der Waals surface area contributed by atoms with Gasteiger partial charge in [0.05, 0.1) is 6.61 Å². The smallest absolute Gasteiger partial charge is 0.329 e. The van der Waals surface area contributed by atoms with Crippen molar-refractivity contribution in [2.75, 3.05) is 19.8 Å². The number of carbonyl (C=O) groups is 2. The first-order valence-corrected chi connectivity index (χ1v) is 5.75. The summed E-state index contributed by atoms with van der Waals surface area (Å²) in [6, 6.07) is -0.132. The van der Waals surface area contributed by atoms with E-state index in [-0.39, 0.29) is 25.3 Å². The van der Waals surface area contributed by atoms with E-state index in [4.69, 9.17) is 9.84 Å². The van der Waals surface area contributed by atoms with Gasteiger partial charge in [-0.15, -0.1) is 0 Å². The minimum absolute atomic E-state index is 0.120. The van der Waals surface area contributed by atoms with Crippen LogP contribution in [0.2, 0.25) is 0 Å². The molecule has 6 nitrogen and oxygen atoms in total. The molecule has 0 spiro atoms. The molecule has 6 heteroatoms. The van der Waals surface area contributed by atoms with E-state index in [0.717, 1.165) is 6.42 Å². The van der Waals surface area contributed by atoms with E-state index in [0.29, 0.717) is 12.5 Å². The lowest BCUT2D eigenvalue weighted by Crippen LogP contribution is -2.42. The molecule has 0 aromatic carbocycles. The molecule has 0 aliphatic rings. The standard InChI is InChI=1S/C11H22N2O4/c1-8(2)6-9(3)13-11(16)12-4-5-17-7-10(14)15/h8-9H,4-7H2,1-3H3,(H,14,15)(H2,12,13,16). The summed E-state index contributed by atoms with van der Waals surface area (Å²) in [5.41, 5.74) is 0. The fourth-order valence-electron chi connectivity index (χ4n) is 1.44. The fourth-order valence-corrected chi connectivity index (χ4v) is 1.44. The molecular formula is C11H22N2O4. The number of urea groups is 1. The molecule has 2 amide bonds. The van der Waals surface area contributed by atoms with E-state index in [1.807, 2.05) is 6.92 Å². The summed E-state index contributed by atoms with van der Waals surface area (Å²) in [6.07, 6.45) is 0.920. The number of ether oxygens (including phenoxy) is 1. The summed E-state index contributed by atoms with van der Waals surface area (Å²) in [4.78, 5) is 21.5. The Bertz CT molecular complexity index is 244. The number of carboxylic acid groups (broad SMARTS) is 1. The molecule has 0 bridgehead atoms. The average Bonchev–Trinajstić information content (AvgIpc) is 2.14. The molecule has 0 heterocycles. The maximum absolute atomic E-state index is 11.3. The average molecular weight is 246 g/mol. The molecule has 0 rings (SSSR count). The summed E-state index contributed by atoms with van der Waals surface area (Å²) in [6.45, 7) is 6.28. The molecule has 0 saturated heterocycles. The van der Waals surface area contributed by atoms with Gasteiger partial charge in [0, 0.05) is 12.6 Å². The number of hydrogen-bond acceptors (Lipinski definition) is 3. The van der Waals surface area contributed by atoms with E-state index in [1.54, 1.807) is 0 Å². The van der Waals surface area contributed by atoms with Crippen LogP contribution < -0.4 is 10.6 Å². The molecule has 0 aliphatic carbocycles. The zero-order chi connectivity index (χ0) is 13.3. The first kappa shape index (κ1) is 15.7. The van der Waals surface area contributed by atoms with E-state index < -0.39 is 5.97 Å². The predicted octanol–water partition coefficient (Wildman–Crippen LogP) is 0.821. The zero-order valence-corrected chi connectivity index (χ0v) is 10.7. The van der Waals surface area contributed by atoms with Gasteiger partial charge in [0.25, 0.3) is 0 Å². The second kappa shape index (κ2) is 8.81. The van der Waals surface area contributed by atoms with Crippen LogP contribution in [-0.4, -0.2) is 42.9 Å². The lowest BCUT2D eigenvalue weighted by molar-refractivity contribution is -0.142. The quantitative estimate of drug-likeness (QED) is 0.553. The highest BCUT2D eigenvalue weighted by Crippen LogP contribution is 2.03. The van der Waals surface area contributed by atoms with Gasteiger partial charge in [0.1, 0.15) is 6.61 Å².